The van der Waals surface area contributed by atoms with Crippen molar-refractivity contribution in [3.05, 3.63) is 70.3 Å². The number of carboxylic acid groups (broad SMARTS) is 1. The summed E-state index contributed by atoms with van der Waals surface area (Å²) < 4.78 is 2.75. The van der Waals surface area contributed by atoms with Crippen molar-refractivity contribution in [2.45, 2.75) is 93.0 Å². The lowest BCUT2D eigenvalue weighted by Gasteiger charge is -2.27. The molecule has 0 radical (unpaired) electrons. The normalized spacial score (nSPS) is 17.4. The number of quaternary nitrogens is 1. The minimum Gasteiger partial charge on any atom is -0.548 e. The van der Waals surface area contributed by atoms with Gasteiger partial charge in [0, 0.05) is 17.6 Å². The number of carbonyl (C=O) groups is 1. The van der Waals surface area contributed by atoms with Gasteiger partial charge in [0.15, 0.2) is 0 Å². The molecular weight excluding hydrogens is 506 g/mol. The Morgan fingerprint density at radius 2 is 1.49 bits per heavy atom. The van der Waals surface area contributed by atoms with Crippen LogP contribution in [0.4, 0.5) is 5.69 Å². The number of nitrogens with one attached hydrogen (secondary N) is 1. The third kappa shape index (κ3) is 11.1. The van der Waals surface area contributed by atoms with E-state index in [-0.39, 0.29) is 5.69 Å². The summed E-state index contributed by atoms with van der Waals surface area (Å²) in [5.41, 5.74) is 1.04. The van der Waals surface area contributed by atoms with Crippen LogP contribution in [0.15, 0.2) is 59.5 Å². The van der Waals surface area contributed by atoms with Gasteiger partial charge in [0.1, 0.15) is 4.90 Å². The van der Waals surface area contributed by atoms with E-state index in [2.05, 4.69) is 10.0 Å². The van der Waals surface area contributed by atoms with Crippen LogP contribution in [0.3, 0.4) is 0 Å². The fourth-order valence-electron chi connectivity index (χ4n) is 4.89. The fourth-order valence-corrected chi connectivity index (χ4v) is 6.84. The van der Waals surface area contributed by atoms with Gasteiger partial charge in [0.05, 0.1) is 29.0 Å². The average Bonchev–Trinajstić information content (AvgIpc) is 2.92. The van der Waals surface area contributed by atoms with E-state index in [1.807, 2.05) is 30.3 Å². The molecule has 2 fully saturated rings. The number of hydrogen-bond donors (Lipinski definition) is 2. The molecule has 2 aliphatic carbocycles. The Morgan fingerprint density at radius 3 is 2.05 bits per heavy atom. The molecule has 2 aromatic carbocycles. The van der Waals surface area contributed by atoms with Crippen LogP contribution in [0.25, 0.3) is 0 Å². The molecule has 0 unspecified atom stereocenters. The van der Waals surface area contributed by atoms with Crippen molar-refractivity contribution in [2.24, 2.45) is 0 Å². The third-order valence-electron chi connectivity index (χ3n) is 6.90. The zero-order valence-electron chi connectivity index (χ0n) is 21.4. The molecule has 7 nitrogen and oxygen atoms in total. The second-order valence-corrected chi connectivity index (χ2v) is 11.7. The highest BCUT2D eigenvalue weighted by molar-refractivity contribution is 7.99. The molecular formula is C28H39N3O4S2. The first-order valence-electron chi connectivity index (χ1n) is 13.4. The van der Waals surface area contributed by atoms with E-state index in [4.69, 9.17) is 0 Å². The number of rotatable bonds is 11. The topological polar surface area (TPSA) is 112 Å². The van der Waals surface area contributed by atoms with E-state index in [0.29, 0.717) is 16.4 Å². The second kappa shape index (κ2) is 16.7. The lowest BCUT2D eigenvalue weighted by molar-refractivity contribution is -0.725. The van der Waals surface area contributed by atoms with Gasteiger partial charge in [-0.1, -0.05) is 55.3 Å². The molecule has 0 bridgehead atoms. The highest BCUT2D eigenvalue weighted by atomic mass is 32.2. The zero-order chi connectivity index (χ0) is 26.3. The molecule has 0 aliphatic heterocycles. The van der Waals surface area contributed by atoms with Crippen molar-refractivity contribution in [2.75, 3.05) is 5.75 Å². The van der Waals surface area contributed by atoms with E-state index in [1.54, 1.807) is 18.2 Å². The molecule has 0 aromatic heterocycles. The van der Waals surface area contributed by atoms with Crippen molar-refractivity contribution >= 4 is 35.4 Å². The van der Waals surface area contributed by atoms with Gasteiger partial charge in [-0.25, -0.2) is 0 Å². The second-order valence-electron chi connectivity index (χ2n) is 9.81. The molecule has 0 heterocycles. The summed E-state index contributed by atoms with van der Waals surface area (Å²) in [7, 11) is 0. The number of nitro benzene ring substituents is 1. The Kier molecular flexibility index (Phi) is 13.3. The fraction of sp³-hybridized carbons (Fsp3) is 0.536. The molecule has 0 saturated heterocycles. The highest BCUT2D eigenvalue weighted by Gasteiger charge is 2.22. The molecule has 4 rings (SSSR count). The van der Waals surface area contributed by atoms with Gasteiger partial charge in [-0.15, -0.1) is 0 Å². The van der Waals surface area contributed by atoms with E-state index >= 15 is 0 Å². The van der Waals surface area contributed by atoms with E-state index in [1.165, 1.54) is 82.0 Å². The Balaban J connectivity index is 0.000000244. The highest BCUT2D eigenvalue weighted by Crippen LogP contribution is 2.27. The van der Waals surface area contributed by atoms with Gasteiger partial charge in [0.2, 0.25) is 0 Å². The maximum Gasteiger partial charge on any atom is 0.284 e. The first-order chi connectivity index (χ1) is 18.0. The molecule has 37 heavy (non-hydrogen) atoms. The molecule has 2 aliphatic rings. The number of benzene rings is 2. The van der Waals surface area contributed by atoms with Gasteiger partial charge < -0.3 is 15.2 Å². The molecule has 0 spiro atoms. The zero-order valence-corrected chi connectivity index (χ0v) is 23.0. The van der Waals surface area contributed by atoms with Crippen LogP contribution >= 0.6 is 23.7 Å². The number of nitrogens with two attached hydrogens (primary N) is 1. The number of para-hydroxylation sites is 1. The first kappa shape index (κ1) is 29.5. The maximum atomic E-state index is 11.2. The summed E-state index contributed by atoms with van der Waals surface area (Å²) >= 11 is 2.39. The standard InChI is InChI=1S/C16H16N2O4S2.C12H23N/c19-16(20)13(11-23-10-12-6-2-1-3-7-12)17-24-15-9-5-4-8-14(15)18(21)22;1-3-7-11(8-4-1)13-12-9-5-2-6-10-12/h1-9,13,17H,10-11H2,(H,19,20);11-13H,1-10H2/t13-;/m1./s1. The largest absolute Gasteiger partial charge is 0.548 e. The molecule has 0 amide bonds. The van der Waals surface area contributed by atoms with Gasteiger partial charge in [-0.2, -0.15) is 11.8 Å². The minimum atomic E-state index is -1.23. The SMILES string of the molecule is C1CCC([NH2+]C2CCCCC2)CC1.O=C([O-])[C@@H](CSCc1ccccc1)NSc1ccccc1[N+](=O)[O-]. The summed E-state index contributed by atoms with van der Waals surface area (Å²) in [5, 5.41) is 24.9. The monoisotopic (exact) mass is 545 g/mol. The third-order valence-corrected chi connectivity index (χ3v) is 8.97. The van der Waals surface area contributed by atoms with E-state index in [9.17, 15) is 20.0 Å². The summed E-state index contributed by atoms with van der Waals surface area (Å²) in [4.78, 5) is 22.1. The number of carboxylic acids is 1. The van der Waals surface area contributed by atoms with Crippen LogP contribution in [0.5, 0.6) is 0 Å². The van der Waals surface area contributed by atoms with Crippen LogP contribution in [-0.2, 0) is 10.5 Å². The van der Waals surface area contributed by atoms with Crippen molar-refractivity contribution in [3.63, 3.8) is 0 Å². The van der Waals surface area contributed by atoms with E-state index < -0.39 is 16.9 Å². The summed E-state index contributed by atoms with van der Waals surface area (Å²) in [5.74, 6) is -0.255. The molecule has 2 aromatic rings. The Bertz CT molecular complexity index is 935. The predicted octanol–water partition coefficient (Wildman–Crippen LogP) is 4.46. The summed E-state index contributed by atoms with van der Waals surface area (Å²) in [6.45, 7) is 0. The number of carbonyl (C=O) groups excluding carboxylic acids is 1. The van der Waals surface area contributed by atoms with Gasteiger partial charge in [-0.3, -0.25) is 14.8 Å². The predicted molar refractivity (Wildman–Crippen MR) is 149 cm³/mol. The smallest absolute Gasteiger partial charge is 0.284 e. The Morgan fingerprint density at radius 1 is 0.919 bits per heavy atom. The molecule has 202 valence electrons. The molecule has 2 saturated carbocycles. The number of nitrogens with zero attached hydrogens (tertiary/aromatic N) is 1. The van der Waals surface area contributed by atoms with Crippen molar-refractivity contribution < 1.29 is 20.1 Å². The van der Waals surface area contributed by atoms with E-state index in [0.717, 1.165) is 29.6 Å². The minimum absolute atomic E-state index is 0.0657. The van der Waals surface area contributed by atoms with Crippen LogP contribution < -0.4 is 15.1 Å². The van der Waals surface area contributed by atoms with Crippen LogP contribution in [0.2, 0.25) is 0 Å². The Hall–Kier alpha value is -2.07. The number of nitro groups is 1. The van der Waals surface area contributed by atoms with Crippen LogP contribution in [-0.4, -0.2) is 34.8 Å². The number of thioether (sulfide) groups is 1. The Labute approximate surface area is 228 Å². The van der Waals surface area contributed by atoms with Crippen molar-refractivity contribution in [3.8, 4) is 0 Å². The lowest BCUT2D eigenvalue weighted by Crippen LogP contribution is -2.95. The maximum absolute atomic E-state index is 11.2. The van der Waals surface area contributed by atoms with Gasteiger partial charge >= 0.3 is 0 Å². The van der Waals surface area contributed by atoms with Crippen molar-refractivity contribution in [1.82, 2.24) is 4.72 Å². The van der Waals surface area contributed by atoms with Crippen molar-refractivity contribution in [1.29, 1.82) is 0 Å². The summed E-state index contributed by atoms with van der Waals surface area (Å²) in [6.07, 6.45) is 15.0. The summed E-state index contributed by atoms with van der Waals surface area (Å²) in [6, 6.07) is 17.0. The molecule has 3 N–H and O–H groups in total. The number of aliphatic carboxylic acids is 1. The molecule has 1 atom stereocenters. The molecule has 9 heteroatoms. The lowest BCUT2D eigenvalue weighted by atomic mass is 9.91. The van der Waals surface area contributed by atoms with Crippen LogP contribution in [0, 0.1) is 10.1 Å². The van der Waals surface area contributed by atoms with Gasteiger partial charge in [0.25, 0.3) is 5.69 Å². The number of hydrogen-bond acceptors (Lipinski definition) is 7. The quantitative estimate of drug-likeness (QED) is 0.244. The first-order valence-corrected chi connectivity index (χ1v) is 15.3. The van der Waals surface area contributed by atoms with Gasteiger partial charge in [-0.05, 0) is 74.9 Å². The average molecular weight is 546 g/mol. The van der Waals surface area contributed by atoms with Crippen LogP contribution in [0.1, 0.15) is 69.8 Å².